The van der Waals surface area contributed by atoms with Gasteiger partial charge in [-0.1, -0.05) is 0 Å². The van der Waals surface area contributed by atoms with E-state index in [-0.39, 0.29) is 35.4 Å². The van der Waals surface area contributed by atoms with Crippen molar-refractivity contribution in [1.82, 2.24) is 9.80 Å². The Labute approximate surface area is 178 Å². The van der Waals surface area contributed by atoms with E-state index >= 15 is 0 Å². The topological polar surface area (TPSA) is 90.4 Å². The second-order valence-electron chi connectivity index (χ2n) is 8.75. The zero-order valence-electron chi connectivity index (χ0n) is 17.0. The zero-order valence-corrected chi connectivity index (χ0v) is 17.0. The standard InChI is InChI=1S/C22H25F3N4O2/c23-22(24,25)15-5-3-13(4-6-15)20(30)29-16-7-8-17(29)11-14(10-16)19(27)21(31)28-9-1-2-18(28)12-26/h3-6,14,16-19H,1-2,7-11,27H2. The molecule has 166 valence electrons. The highest BCUT2D eigenvalue weighted by atomic mass is 19.4. The minimum atomic E-state index is -4.44. The number of hydrogen-bond donors (Lipinski definition) is 1. The lowest BCUT2D eigenvalue weighted by atomic mass is 9.84. The molecule has 31 heavy (non-hydrogen) atoms. The number of nitrogens with two attached hydrogens (primary N) is 1. The van der Waals surface area contributed by atoms with Crippen molar-refractivity contribution in [3.05, 3.63) is 35.4 Å². The van der Waals surface area contributed by atoms with Crippen LogP contribution in [-0.2, 0) is 11.0 Å². The summed E-state index contributed by atoms with van der Waals surface area (Å²) in [4.78, 5) is 29.2. The van der Waals surface area contributed by atoms with Crippen LogP contribution in [0.1, 0.15) is 54.4 Å². The molecule has 2 bridgehead atoms. The van der Waals surface area contributed by atoms with Gasteiger partial charge in [-0.2, -0.15) is 18.4 Å². The van der Waals surface area contributed by atoms with Gasteiger partial charge in [-0.3, -0.25) is 9.59 Å². The number of hydrogen-bond acceptors (Lipinski definition) is 4. The van der Waals surface area contributed by atoms with Gasteiger partial charge in [-0.15, -0.1) is 0 Å². The fraction of sp³-hybridized carbons (Fsp3) is 0.591. The lowest BCUT2D eigenvalue weighted by Gasteiger charge is -2.41. The number of amides is 2. The number of nitrogens with zero attached hydrogens (tertiary/aromatic N) is 3. The first-order valence-corrected chi connectivity index (χ1v) is 10.7. The first-order valence-electron chi connectivity index (χ1n) is 10.7. The monoisotopic (exact) mass is 434 g/mol. The van der Waals surface area contributed by atoms with Crippen molar-refractivity contribution in [2.24, 2.45) is 11.7 Å². The van der Waals surface area contributed by atoms with Gasteiger partial charge in [0, 0.05) is 24.2 Å². The maximum atomic E-state index is 13.0. The van der Waals surface area contributed by atoms with Crippen LogP contribution in [-0.4, -0.2) is 52.3 Å². The summed E-state index contributed by atoms with van der Waals surface area (Å²) in [5.74, 6) is -0.554. The molecule has 0 aromatic heterocycles. The third kappa shape index (κ3) is 4.01. The predicted molar refractivity (Wildman–Crippen MR) is 105 cm³/mol. The number of fused-ring (bicyclic) bond motifs is 2. The van der Waals surface area contributed by atoms with E-state index in [0.29, 0.717) is 25.8 Å². The number of benzene rings is 1. The molecule has 9 heteroatoms. The summed E-state index contributed by atoms with van der Waals surface area (Å²) in [6, 6.07) is 5.18. The van der Waals surface area contributed by atoms with Crippen LogP contribution in [0.15, 0.2) is 24.3 Å². The molecule has 4 unspecified atom stereocenters. The second-order valence-corrected chi connectivity index (χ2v) is 8.75. The molecule has 3 aliphatic rings. The number of piperidine rings is 1. The summed E-state index contributed by atoms with van der Waals surface area (Å²) < 4.78 is 38.4. The van der Waals surface area contributed by atoms with E-state index in [4.69, 9.17) is 5.73 Å². The normalized spacial score (nSPS) is 29.0. The Kier molecular flexibility index (Phi) is 5.69. The fourth-order valence-electron chi connectivity index (χ4n) is 5.35. The van der Waals surface area contributed by atoms with Crippen molar-refractivity contribution in [2.45, 2.75) is 68.9 Å². The quantitative estimate of drug-likeness (QED) is 0.792. The Morgan fingerprint density at radius 3 is 2.26 bits per heavy atom. The van der Waals surface area contributed by atoms with Crippen molar-refractivity contribution < 1.29 is 22.8 Å². The molecule has 3 saturated heterocycles. The van der Waals surface area contributed by atoms with Gasteiger partial charge in [-0.25, -0.2) is 0 Å². The van der Waals surface area contributed by atoms with Crippen molar-refractivity contribution in [3.63, 3.8) is 0 Å². The summed E-state index contributed by atoms with van der Waals surface area (Å²) in [6.45, 7) is 0.545. The summed E-state index contributed by atoms with van der Waals surface area (Å²) in [6.07, 6.45) is -0.233. The highest BCUT2D eigenvalue weighted by Gasteiger charge is 2.47. The smallest absolute Gasteiger partial charge is 0.333 e. The lowest BCUT2D eigenvalue weighted by molar-refractivity contribution is -0.137. The van der Waals surface area contributed by atoms with Crippen LogP contribution in [0.2, 0.25) is 0 Å². The van der Waals surface area contributed by atoms with Crippen LogP contribution < -0.4 is 5.73 Å². The van der Waals surface area contributed by atoms with Crippen LogP contribution in [0, 0.1) is 17.2 Å². The number of carbonyl (C=O) groups excluding carboxylic acids is 2. The summed E-state index contributed by atoms with van der Waals surface area (Å²) in [7, 11) is 0. The average molecular weight is 434 g/mol. The highest BCUT2D eigenvalue weighted by Crippen LogP contribution is 2.41. The molecule has 0 aliphatic carbocycles. The number of likely N-dealkylation sites (tertiary alicyclic amines) is 1. The molecule has 1 aromatic rings. The van der Waals surface area contributed by atoms with E-state index in [1.165, 1.54) is 12.1 Å². The van der Waals surface area contributed by atoms with Gasteiger partial charge >= 0.3 is 6.18 Å². The number of alkyl halides is 3. The zero-order chi connectivity index (χ0) is 22.3. The van der Waals surface area contributed by atoms with Crippen LogP contribution in [0.5, 0.6) is 0 Å². The van der Waals surface area contributed by atoms with E-state index in [1.54, 1.807) is 9.80 Å². The third-order valence-electron chi connectivity index (χ3n) is 6.94. The molecule has 0 radical (unpaired) electrons. The van der Waals surface area contributed by atoms with Gasteiger partial charge < -0.3 is 15.5 Å². The highest BCUT2D eigenvalue weighted by molar-refractivity contribution is 5.95. The first-order chi connectivity index (χ1) is 14.7. The molecule has 3 fully saturated rings. The van der Waals surface area contributed by atoms with Gasteiger partial charge in [0.2, 0.25) is 5.91 Å². The van der Waals surface area contributed by atoms with Crippen LogP contribution in [0.4, 0.5) is 13.2 Å². The fourth-order valence-corrected chi connectivity index (χ4v) is 5.35. The van der Waals surface area contributed by atoms with Crippen molar-refractivity contribution in [3.8, 4) is 6.07 Å². The molecule has 2 amide bonds. The van der Waals surface area contributed by atoms with Gasteiger partial charge in [-0.05, 0) is 68.7 Å². The Morgan fingerprint density at radius 2 is 1.71 bits per heavy atom. The molecule has 6 nitrogen and oxygen atoms in total. The van der Waals surface area contributed by atoms with Crippen molar-refractivity contribution >= 4 is 11.8 Å². The molecule has 0 saturated carbocycles. The molecule has 0 spiro atoms. The maximum Gasteiger partial charge on any atom is 0.416 e. The van der Waals surface area contributed by atoms with Crippen molar-refractivity contribution in [2.75, 3.05) is 6.54 Å². The van der Waals surface area contributed by atoms with Gasteiger partial charge in [0.1, 0.15) is 6.04 Å². The minimum Gasteiger partial charge on any atom is -0.333 e. The summed E-state index contributed by atoms with van der Waals surface area (Å²) in [5, 5.41) is 9.25. The van der Waals surface area contributed by atoms with E-state index in [1.807, 2.05) is 0 Å². The lowest BCUT2D eigenvalue weighted by Crippen LogP contribution is -2.54. The van der Waals surface area contributed by atoms with Crippen molar-refractivity contribution in [1.29, 1.82) is 5.26 Å². The Balaban J connectivity index is 1.44. The molecular formula is C22H25F3N4O2. The van der Waals surface area contributed by atoms with Gasteiger partial charge in [0.05, 0.1) is 17.7 Å². The number of halogens is 3. The molecule has 3 aliphatic heterocycles. The SMILES string of the molecule is N#CC1CCCN1C(=O)C(N)C1CC2CCC(C1)N2C(=O)c1ccc(C(F)(F)F)cc1. The predicted octanol–water partition coefficient (Wildman–Crippen LogP) is 2.93. The largest absolute Gasteiger partial charge is 0.416 e. The van der Waals surface area contributed by atoms with E-state index in [2.05, 4.69) is 6.07 Å². The van der Waals surface area contributed by atoms with Gasteiger partial charge in [0.25, 0.3) is 5.91 Å². The third-order valence-corrected chi connectivity index (χ3v) is 6.94. The Morgan fingerprint density at radius 1 is 1.10 bits per heavy atom. The first kappa shape index (κ1) is 21.6. The number of carbonyl (C=O) groups is 2. The molecular weight excluding hydrogens is 409 g/mol. The Bertz CT molecular complexity index is 882. The summed E-state index contributed by atoms with van der Waals surface area (Å²) >= 11 is 0. The van der Waals surface area contributed by atoms with Gasteiger partial charge in [0.15, 0.2) is 0 Å². The maximum absolute atomic E-state index is 13.0. The molecule has 4 atom stereocenters. The summed E-state index contributed by atoms with van der Waals surface area (Å²) in [5.41, 5.74) is 5.77. The number of nitriles is 1. The van der Waals surface area contributed by atoms with E-state index < -0.39 is 23.8 Å². The van der Waals surface area contributed by atoms with Crippen LogP contribution in [0.3, 0.4) is 0 Å². The second kappa shape index (κ2) is 8.15. The molecule has 2 N–H and O–H groups in total. The van der Waals surface area contributed by atoms with Crippen LogP contribution >= 0.6 is 0 Å². The molecule has 3 heterocycles. The minimum absolute atomic E-state index is 0.0808. The van der Waals surface area contributed by atoms with E-state index in [0.717, 1.165) is 31.4 Å². The van der Waals surface area contributed by atoms with Crippen LogP contribution in [0.25, 0.3) is 0 Å². The number of rotatable bonds is 3. The van der Waals surface area contributed by atoms with E-state index in [9.17, 15) is 28.0 Å². The molecule has 4 rings (SSSR count). The molecule has 1 aromatic carbocycles. The average Bonchev–Trinajstić information content (AvgIpc) is 3.33. The Hall–Kier alpha value is -2.60.